The highest BCUT2D eigenvalue weighted by atomic mass is 32.2. The van der Waals surface area contributed by atoms with Crippen LogP contribution in [0.15, 0.2) is 22.5 Å². The van der Waals surface area contributed by atoms with Gasteiger partial charge in [-0.1, -0.05) is 31.5 Å². The van der Waals surface area contributed by atoms with E-state index in [4.69, 9.17) is 0 Å². The normalized spacial score (nSPS) is 19.3. The molecule has 1 atom stereocenters. The molecule has 1 saturated heterocycles. The summed E-state index contributed by atoms with van der Waals surface area (Å²) in [5.41, 5.74) is 1.64. The molecule has 3 rings (SSSR count). The Morgan fingerprint density at radius 3 is 2.96 bits per heavy atom. The first kappa shape index (κ1) is 18.7. The zero-order chi connectivity index (χ0) is 17.9. The molecule has 0 bridgehead atoms. The highest BCUT2D eigenvalue weighted by molar-refractivity contribution is 8.01. The first-order chi connectivity index (χ1) is 12.0. The second-order valence-corrected chi connectivity index (χ2v) is 10.9. The van der Waals surface area contributed by atoms with Crippen LogP contribution in [0.4, 0.5) is 5.69 Å². The van der Waals surface area contributed by atoms with Crippen LogP contribution in [0.25, 0.3) is 10.2 Å². The number of hydrogen-bond donors (Lipinski definition) is 1. The second kappa shape index (κ2) is 8.05. The third kappa shape index (κ3) is 4.95. The number of fused-ring (bicyclic) bond motifs is 1. The summed E-state index contributed by atoms with van der Waals surface area (Å²) < 4.78 is 25.1. The van der Waals surface area contributed by atoms with Gasteiger partial charge in [0.15, 0.2) is 14.2 Å². The Morgan fingerprint density at radius 1 is 1.40 bits per heavy atom. The Balaban J connectivity index is 1.63. The van der Waals surface area contributed by atoms with Crippen molar-refractivity contribution in [2.24, 2.45) is 5.92 Å². The third-order valence-electron chi connectivity index (χ3n) is 4.21. The number of hydrogen-bond acceptors (Lipinski definition) is 6. The zero-order valence-electron chi connectivity index (χ0n) is 14.2. The van der Waals surface area contributed by atoms with Crippen molar-refractivity contribution in [3.63, 3.8) is 0 Å². The van der Waals surface area contributed by atoms with Gasteiger partial charge >= 0.3 is 0 Å². The molecule has 136 valence electrons. The van der Waals surface area contributed by atoms with Crippen LogP contribution < -0.4 is 5.32 Å². The molecule has 25 heavy (non-hydrogen) atoms. The number of carbonyl (C=O) groups is 1. The van der Waals surface area contributed by atoms with Crippen LogP contribution in [-0.2, 0) is 14.6 Å². The van der Waals surface area contributed by atoms with Crippen molar-refractivity contribution in [2.45, 2.75) is 36.9 Å². The van der Waals surface area contributed by atoms with E-state index >= 15 is 0 Å². The monoisotopic (exact) mass is 398 g/mol. The minimum Gasteiger partial charge on any atom is -0.326 e. The van der Waals surface area contributed by atoms with Crippen LogP contribution in [0.1, 0.15) is 32.6 Å². The number of nitrogens with zero attached hydrogens (tertiary/aromatic N) is 1. The predicted octanol–water partition coefficient (Wildman–Crippen LogP) is 3.95. The average molecular weight is 399 g/mol. The van der Waals surface area contributed by atoms with Crippen LogP contribution in [-0.4, -0.2) is 36.6 Å². The molecule has 1 aromatic heterocycles. The lowest BCUT2D eigenvalue weighted by atomic mass is 10.1. The maximum atomic E-state index is 12.3. The number of nitrogens with one attached hydrogen (secondary N) is 1. The zero-order valence-corrected chi connectivity index (χ0v) is 16.6. The second-order valence-electron chi connectivity index (χ2n) is 6.31. The summed E-state index contributed by atoms with van der Waals surface area (Å²) in [5, 5.41) is 2.85. The number of amides is 1. The number of thioether (sulfide) groups is 1. The molecule has 1 aliphatic heterocycles. The standard InChI is InChI=1S/C17H22N2O3S3/c1-2-3-4-8-23-17-19-14-6-5-13(10-15(14)24-17)18-16(20)12-7-9-25(21,22)11-12/h5-6,10,12H,2-4,7-9,11H2,1H3,(H,18,20)/t12-/m1/s1. The fourth-order valence-electron chi connectivity index (χ4n) is 2.80. The molecule has 0 unspecified atom stereocenters. The molecule has 1 N–H and O–H groups in total. The van der Waals surface area contributed by atoms with Crippen molar-refractivity contribution in [1.29, 1.82) is 0 Å². The summed E-state index contributed by atoms with van der Waals surface area (Å²) >= 11 is 3.41. The largest absolute Gasteiger partial charge is 0.326 e. The number of carbonyl (C=O) groups excluding carboxylic acids is 1. The topological polar surface area (TPSA) is 76.1 Å². The smallest absolute Gasteiger partial charge is 0.228 e. The Bertz CT molecular complexity index is 861. The Labute approximate surface area is 156 Å². The van der Waals surface area contributed by atoms with E-state index in [0.717, 1.165) is 20.3 Å². The lowest BCUT2D eigenvalue weighted by Crippen LogP contribution is -2.23. The number of sulfone groups is 1. The summed E-state index contributed by atoms with van der Waals surface area (Å²) in [6, 6.07) is 5.66. The van der Waals surface area contributed by atoms with Crippen molar-refractivity contribution in [3.8, 4) is 0 Å². The summed E-state index contributed by atoms with van der Waals surface area (Å²) in [7, 11) is -3.05. The maximum absolute atomic E-state index is 12.3. The maximum Gasteiger partial charge on any atom is 0.228 e. The van der Waals surface area contributed by atoms with Crippen molar-refractivity contribution in [2.75, 3.05) is 22.6 Å². The Hall–Kier alpha value is -1.12. The van der Waals surface area contributed by atoms with E-state index in [2.05, 4.69) is 17.2 Å². The quantitative estimate of drug-likeness (QED) is 0.564. The molecule has 2 aromatic rings. The number of benzene rings is 1. The van der Waals surface area contributed by atoms with Crippen molar-refractivity contribution in [1.82, 2.24) is 4.98 Å². The molecule has 0 radical (unpaired) electrons. The summed E-state index contributed by atoms with van der Waals surface area (Å²) in [4.78, 5) is 16.9. The average Bonchev–Trinajstić information content (AvgIpc) is 3.13. The van der Waals surface area contributed by atoms with Gasteiger partial charge in [0.2, 0.25) is 5.91 Å². The van der Waals surface area contributed by atoms with Crippen LogP contribution in [0, 0.1) is 5.92 Å². The fourth-order valence-corrected chi connectivity index (χ4v) is 6.72. The van der Waals surface area contributed by atoms with Crippen LogP contribution >= 0.6 is 23.1 Å². The first-order valence-electron chi connectivity index (χ1n) is 8.51. The van der Waals surface area contributed by atoms with Gasteiger partial charge < -0.3 is 5.32 Å². The van der Waals surface area contributed by atoms with Crippen LogP contribution in [0.5, 0.6) is 0 Å². The van der Waals surface area contributed by atoms with Crippen molar-refractivity contribution in [3.05, 3.63) is 18.2 Å². The first-order valence-corrected chi connectivity index (χ1v) is 12.1. The van der Waals surface area contributed by atoms with Gasteiger partial charge in [-0.05, 0) is 31.0 Å². The number of anilines is 1. The van der Waals surface area contributed by atoms with E-state index in [1.165, 1.54) is 19.3 Å². The van der Waals surface area contributed by atoms with Crippen molar-refractivity contribution < 1.29 is 13.2 Å². The minimum atomic E-state index is -3.05. The molecule has 1 amide bonds. The lowest BCUT2D eigenvalue weighted by Gasteiger charge is -2.09. The summed E-state index contributed by atoms with van der Waals surface area (Å²) in [6.07, 6.45) is 4.06. The molecule has 0 spiro atoms. The van der Waals surface area contributed by atoms with E-state index < -0.39 is 15.8 Å². The van der Waals surface area contributed by atoms with Crippen LogP contribution in [0.3, 0.4) is 0 Å². The van der Waals surface area contributed by atoms with Gasteiger partial charge in [-0.15, -0.1) is 11.3 Å². The number of rotatable bonds is 7. The molecule has 1 fully saturated rings. The number of unbranched alkanes of at least 4 members (excludes halogenated alkanes) is 2. The van der Waals surface area contributed by atoms with E-state index in [0.29, 0.717) is 12.1 Å². The molecule has 1 aliphatic rings. The summed E-state index contributed by atoms with van der Waals surface area (Å²) in [5.74, 6) is 0.497. The molecular formula is C17H22N2O3S3. The third-order valence-corrected chi connectivity index (χ3v) is 8.23. The van der Waals surface area contributed by atoms with Gasteiger partial charge in [0.05, 0.1) is 27.6 Å². The highest BCUT2D eigenvalue weighted by Gasteiger charge is 2.32. The minimum absolute atomic E-state index is 0.0415. The Kier molecular flexibility index (Phi) is 6.01. The van der Waals surface area contributed by atoms with Gasteiger partial charge in [0.25, 0.3) is 0 Å². The molecule has 2 heterocycles. The van der Waals surface area contributed by atoms with Crippen LogP contribution in [0.2, 0.25) is 0 Å². The van der Waals surface area contributed by atoms with Gasteiger partial charge in [-0.3, -0.25) is 4.79 Å². The number of thiazole rings is 1. The van der Waals surface area contributed by atoms with E-state index in [9.17, 15) is 13.2 Å². The highest BCUT2D eigenvalue weighted by Crippen LogP contribution is 2.32. The SMILES string of the molecule is CCCCCSc1nc2ccc(NC(=O)[C@@H]3CCS(=O)(=O)C3)cc2s1. The predicted molar refractivity (Wildman–Crippen MR) is 105 cm³/mol. The molecule has 0 aliphatic carbocycles. The van der Waals surface area contributed by atoms with Gasteiger partial charge in [-0.2, -0.15) is 0 Å². The molecule has 0 saturated carbocycles. The fraction of sp³-hybridized carbons (Fsp3) is 0.529. The van der Waals surface area contributed by atoms with E-state index in [1.807, 2.05) is 18.2 Å². The number of aromatic nitrogens is 1. The van der Waals surface area contributed by atoms with Gasteiger partial charge in [0.1, 0.15) is 0 Å². The molecule has 8 heteroatoms. The molecule has 5 nitrogen and oxygen atoms in total. The van der Waals surface area contributed by atoms with E-state index in [1.54, 1.807) is 23.1 Å². The Morgan fingerprint density at radius 2 is 2.24 bits per heavy atom. The van der Waals surface area contributed by atoms with Crippen molar-refractivity contribution >= 4 is 54.7 Å². The molecular weight excluding hydrogens is 376 g/mol. The summed E-state index contributed by atoms with van der Waals surface area (Å²) in [6.45, 7) is 2.19. The molecule has 1 aromatic carbocycles. The van der Waals surface area contributed by atoms with Gasteiger partial charge in [-0.25, -0.2) is 13.4 Å². The van der Waals surface area contributed by atoms with Gasteiger partial charge in [0, 0.05) is 11.4 Å². The van der Waals surface area contributed by atoms with E-state index in [-0.39, 0.29) is 17.4 Å². The lowest BCUT2D eigenvalue weighted by molar-refractivity contribution is -0.119.